The summed E-state index contributed by atoms with van der Waals surface area (Å²) in [5.74, 6) is -0.911. The van der Waals surface area contributed by atoms with Crippen molar-refractivity contribution in [2.75, 3.05) is 6.54 Å². The van der Waals surface area contributed by atoms with E-state index in [1.54, 1.807) is 30.2 Å². The van der Waals surface area contributed by atoms with Crippen molar-refractivity contribution in [3.63, 3.8) is 0 Å². The van der Waals surface area contributed by atoms with Gasteiger partial charge in [0.1, 0.15) is 17.2 Å². The third kappa shape index (κ3) is 4.68. The lowest BCUT2D eigenvalue weighted by Crippen LogP contribution is -2.44. The third-order valence-electron chi connectivity index (χ3n) is 3.91. The van der Waals surface area contributed by atoms with Gasteiger partial charge in [-0.05, 0) is 32.9 Å². The number of amides is 1. The number of aromatic nitrogens is 1. The lowest BCUT2D eigenvalue weighted by molar-refractivity contribution is -0.141. The van der Waals surface area contributed by atoms with Crippen molar-refractivity contribution >= 4 is 21.5 Å². The van der Waals surface area contributed by atoms with Crippen LogP contribution in [0.1, 0.15) is 38.4 Å². The lowest BCUT2D eigenvalue weighted by Gasteiger charge is -2.28. The molecule has 0 spiro atoms. The molecule has 2 rings (SSSR count). The Morgan fingerprint density at radius 1 is 1.37 bits per heavy atom. The fourth-order valence-corrected chi connectivity index (χ4v) is 3.02. The topological polar surface area (TPSA) is 89.0 Å². The average molecular weight is 408 g/mol. The number of ether oxygens (including phenoxy) is 1. The Morgan fingerprint density at radius 3 is 2.52 bits per heavy atom. The zero-order valence-electron chi connectivity index (χ0n) is 14.9. The van der Waals surface area contributed by atoms with Crippen molar-refractivity contribution in [2.45, 2.75) is 50.6 Å². The van der Waals surface area contributed by atoms with Crippen LogP contribution in [0.3, 0.4) is 0 Å². The van der Waals surface area contributed by atoms with Crippen LogP contribution < -0.4 is 0 Å². The number of pyridine rings is 1. The van der Waals surface area contributed by atoms with Crippen molar-refractivity contribution in [1.82, 2.24) is 9.88 Å². The molecule has 7 nitrogen and oxygen atoms in total. The molecule has 1 saturated heterocycles. The number of likely N-dealkylation sites (tertiary alicyclic amines) is 1. The minimum Gasteiger partial charge on any atom is -0.450 e. The number of rotatable bonds is 2. The Morgan fingerprint density at radius 2 is 2.00 bits per heavy atom. The van der Waals surface area contributed by atoms with Crippen molar-refractivity contribution in [3.8, 4) is 0 Å². The minimum absolute atomic E-state index is 0.514. The van der Waals surface area contributed by atoms with E-state index in [1.807, 2.05) is 0 Å². The maximum absolute atomic E-state index is 13.3. The maximum atomic E-state index is 13.3. The number of alkyl halides is 3. The highest BCUT2D eigenvalue weighted by atomic mass is 31.0. The van der Waals surface area contributed by atoms with Gasteiger partial charge in [-0.1, -0.05) is 0 Å². The molecular formula is C16H20F3N2O5P. The second kappa shape index (κ2) is 7.24. The highest BCUT2D eigenvalue weighted by Crippen LogP contribution is 2.42. The smallest absolute Gasteiger partial charge is 0.418 e. The molecule has 1 fully saturated rings. The molecule has 2 unspecified atom stereocenters. The summed E-state index contributed by atoms with van der Waals surface area (Å²) in [4.78, 5) is 29.0. The molecule has 0 aliphatic carbocycles. The van der Waals surface area contributed by atoms with Gasteiger partial charge < -0.3 is 14.4 Å². The van der Waals surface area contributed by atoms with E-state index >= 15 is 0 Å². The summed E-state index contributed by atoms with van der Waals surface area (Å²) < 4.78 is 49.7. The van der Waals surface area contributed by atoms with E-state index < -0.39 is 59.7 Å². The fraction of sp³-hybridized carbons (Fsp3) is 0.562. The van der Waals surface area contributed by atoms with E-state index in [0.717, 1.165) is 23.2 Å². The van der Waals surface area contributed by atoms with Gasteiger partial charge in [-0.15, -0.1) is 0 Å². The first-order chi connectivity index (χ1) is 12.3. The molecule has 3 atom stereocenters. The van der Waals surface area contributed by atoms with Gasteiger partial charge in [0, 0.05) is 12.6 Å². The van der Waals surface area contributed by atoms with E-state index in [9.17, 15) is 27.9 Å². The monoisotopic (exact) mass is 408 g/mol. The van der Waals surface area contributed by atoms with E-state index in [2.05, 4.69) is 9.51 Å². The van der Waals surface area contributed by atoms with Crippen LogP contribution in [-0.4, -0.2) is 45.2 Å². The summed E-state index contributed by atoms with van der Waals surface area (Å²) in [6.07, 6.45) is -5.14. The van der Waals surface area contributed by atoms with Crippen LogP contribution in [0.25, 0.3) is 0 Å². The van der Waals surface area contributed by atoms with Crippen molar-refractivity contribution in [1.29, 1.82) is 0 Å². The summed E-state index contributed by atoms with van der Waals surface area (Å²) in [5, 5.41) is 10.9. The first-order valence-corrected chi connectivity index (χ1v) is 8.41. The van der Waals surface area contributed by atoms with Crippen LogP contribution in [0.4, 0.5) is 18.0 Å². The number of hydrogen-bond acceptors (Lipinski definition) is 6. The highest BCUT2D eigenvalue weighted by molar-refractivity contribution is 7.10. The normalized spacial score (nSPS) is 23.3. The van der Waals surface area contributed by atoms with Crippen LogP contribution in [0.15, 0.2) is 18.3 Å². The Labute approximate surface area is 156 Å². The summed E-state index contributed by atoms with van der Waals surface area (Å²) in [6.45, 7) is 4.18. The van der Waals surface area contributed by atoms with Crippen molar-refractivity contribution in [2.24, 2.45) is 0 Å². The standard InChI is InChI=1S/C16H20F3N2O5P/c1-14(2,3)25-13(23)21-8-15(24,7-10(21)12(22)26-27)11-9(16(17,18)19)5-4-6-20-11/h4-6,10,24H,7-8,27H2,1-3H3/t10?,15-/m0/s1. The van der Waals surface area contributed by atoms with Crippen molar-refractivity contribution in [3.05, 3.63) is 29.6 Å². The molecule has 1 amide bonds. The predicted octanol–water partition coefficient (Wildman–Crippen LogP) is 2.63. The first kappa shape index (κ1) is 21.4. The summed E-state index contributed by atoms with van der Waals surface area (Å²) in [5.41, 5.74) is -4.91. The summed E-state index contributed by atoms with van der Waals surface area (Å²) in [7, 11) is 1.71. The number of halogens is 3. The van der Waals surface area contributed by atoms with Gasteiger partial charge >= 0.3 is 18.2 Å². The number of hydrogen-bond donors (Lipinski definition) is 1. The van der Waals surface area contributed by atoms with Gasteiger partial charge in [0.25, 0.3) is 0 Å². The molecule has 2 heterocycles. The Hall–Kier alpha value is -1.93. The number of nitrogens with zero attached hydrogens (tertiary/aromatic N) is 2. The second-order valence-electron chi connectivity index (χ2n) is 7.19. The van der Waals surface area contributed by atoms with Gasteiger partial charge in [-0.3, -0.25) is 9.88 Å². The number of carbonyl (C=O) groups is 2. The Balaban J connectivity index is 2.45. The quantitative estimate of drug-likeness (QED) is 0.757. The van der Waals surface area contributed by atoms with E-state index in [0.29, 0.717) is 0 Å². The van der Waals surface area contributed by atoms with Gasteiger partial charge in [0.2, 0.25) is 0 Å². The van der Waals surface area contributed by atoms with Crippen LogP contribution >= 0.6 is 9.47 Å². The lowest BCUT2D eigenvalue weighted by atomic mass is 9.92. The van der Waals surface area contributed by atoms with E-state index in [1.165, 1.54) is 0 Å². The average Bonchev–Trinajstić information content (AvgIpc) is 2.91. The summed E-state index contributed by atoms with van der Waals surface area (Å²) >= 11 is 0. The van der Waals surface area contributed by atoms with Crippen LogP contribution in [0.2, 0.25) is 0 Å². The van der Waals surface area contributed by atoms with Gasteiger partial charge in [0.05, 0.1) is 27.3 Å². The van der Waals surface area contributed by atoms with Gasteiger partial charge in [-0.2, -0.15) is 13.2 Å². The molecule has 0 saturated carbocycles. The van der Waals surface area contributed by atoms with Crippen LogP contribution in [-0.2, 0) is 25.8 Å². The Kier molecular flexibility index (Phi) is 5.73. The molecular weight excluding hydrogens is 388 g/mol. The molecule has 1 aromatic heterocycles. The fourth-order valence-electron chi connectivity index (χ4n) is 2.86. The molecule has 1 N–H and O–H groups in total. The zero-order chi connectivity index (χ0) is 20.6. The number of β-amino-alcohol motifs (C(OH)–C–C–N with tert-alkyl or cyclic N) is 1. The largest absolute Gasteiger partial charge is 0.450 e. The zero-order valence-corrected chi connectivity index (χ0v) is 16.1. The molecule has 27 heavy (non-hydrogen) atoms. The molecule has 0 aromatic carbocycles. The first-order valence-electron chi connectivity index (χ1n) is 7.94. The molecule has 1 aliphatic heterocycles. The second-order valence-corrected chi connectivity index (χ2v) is 7.43. The molecule has 1 aromatic rings. The summed E-state index contributed by atoms with van der Waals surface area (Å²) in [6, 6.07) is 0.537. The predicted molar refractivity (Wildman–Crippen MR) is 90.3 cm³/mol. The van der Waals surface area contributed by atoms with Crippen molar-refractivity contribution < 1.29 is 37.1 Å². The van der Waals surface area contributed by atoms with Gasteiger partial charge in [0.15, 0.2) is 0 Å². The minimum atomic E-state index is -4.77. The molecule has 11 heteroatoms. The maximum Gasteiger partial charge on any atom is 0.418 e. The Bertz CT molecular complexity index is 738. The van der Waals surface area contributed by atoms with Crippen LogP contribution in [0.5, 0.6) is 0 Å². The third-order valence-corrected chi connectivity index (χ3v) is 4.14. The highest BCUT2D eigenvalue weighted by Gasteiger charge is 2.54. The van der Waals surface area contributed by atoms with Crippen LogP contribution in [0, 0.1) is 0 Å². The van der Waals surface area contributed by atoms with Gasteiger partial charge in [-0.25, -0.2) is 9.59 Å². The number of carbonyl (C=O) groups excluding carboxylic acids is 2. The molecule has 150 valence electrons. The SMILES string of the molecule is CC(C)(C)OC(=O)N1C[C@](O)(c2ncccc2C(F)(F)F)CC1C(=O)OP. The van der Waals surface area contributed by atoms with E-state index in [4.69, 9.17) is 4.74 Å². The number of aliphatic hydroxyl groups is 1. The molecule has 1 aliphatic rings. The van der Waals surface area contributed by atoms with E-state index in [-0.39, 0.29) is 0 Å². The molecule has 0 radical (unpaired) electrons. The molecule has 0 bridgehead atoms.